The standard InChI is InChI=1S/C10H18O.8C9H16O/c1-3-8(2)9-4-6-10(11)7-5-9;1-3-8-4-7(2)5-9(10)6-8;1-3-8-6-9(10)5-4-7(8)2;1-3-8-5-4-7(2)9(10)6-8;1-3-8-6-7(2)4-5-9(8)10;1-3-8-5-4-7(2)6-9(8)10;1-3-8-5-4-6-9(10)7(8)2;1-3-8-7(2)5-4-6-9(8)10;1-3-8-6-4-5-7(2)9(8)10/h3,9-11H,4-7H2,1-2H3;8*3,7-10H,1,4-6H2,2H3. The van der Waals surface area contributed by atoms with Crippen molar-refractivity contribution in [1.29, 1.82) is 0 Å². The first kappa shape index (κ1) is 86.3. The molecular formula is C82H146O9. The molecule has 0 aliphatic heterocycles. The number of hydrogen-bond donors (Lipinski definition) is 9. The van der Waals surface area contributed by atoms with E-state index in [4.69, 9.17) is 0 Å². The van der Waals surface area contributed by atoms with Crippen molar-refractivity contribution < 1.29 is 46.0 Å². The van der Waals surface area contributed by atoms with Crippen LogP contribution in [-0.4, -0.2) is 101 Å². The Bertz CT molecular complexity index is 1880. The minimum atomic E-state index is -0.133. The highest BCUT2D eigenvalue weighted by Crippen LogP contribution is 2.36. The molecule has 9 saturated carbocycles. The Balaban J connectivity index is 0.000000512. The highest BCUT2D eigenvalue weighted by molar-refractivity contribution is 5.03. The SMILES string of the molecule is C=CC1C(C)CCCC1O.C=CC1CC(C)CC(O)C1.C=CC1CC(C)CCC1O.C=CC1CC(O)CCC1C.C=CC1CCC(C)C(O)C1.C=CC1CCC(C)CC1O.C=CC1CCCC(C)C1O.C=CC1CCCC(O)C1C.CC=C(C)C1CCC(O)CC1. The van der Waals surface area contributed by atoms with Gasteiger partial charge in [0.15, 0.2) is 0 Å². The van der Waals surface area contributed by atoms with Gasteiger partial charge >= 0.3 is 0 Å². The van der Waals surface area contributed by atoms with Crippen LogP contribution in [0.2, 0.25) is 0 Å². The van der Waals surface area contributed by atoms with Gasteiger partial charge in [0.2, 0.25) is 0 Å². The number of hydrogen-bond acceptors (Lipinski definition) is 9. The van der Waals surface area contributed by atoms with E-state index in [0.29, 0.717) is 82.9 Å². The van der Waals surface area contributed by atoms with Crippen molar-refractivity contribution in [2.24, 2.45) is 101 Å². The number of allylic oxidation sites excluding steroid dienone is 6. The molecule has 0 bridgehead atoms. The van der Waals surface area contributed by atoms with Crippen molar-refractivity contribution in [3.05, 3.63) is 113 Å². The number of aliphatic hydroxyl groups excluding tert-OH is 9. The third-order valence-corrected chi connectivity index (χ3v) is 22.7. The molecule has 24 unspecified atom stereocenters. The summed E-state index contributed by atoms with van der Waals surface area (Å²) in [5, 5.41) is 84.7. The summed E-state index contributed by atoms with van der Waals surface area (Å²) in [5.74, 6) is 9.24. The van der Waals surface area contributed by atoms with Gasteiger partial charge in [0.25, 0.3) is 0 Å². The van der Waals surface area contributed by atoms with Crippen molar-refractivity contribution in [1.82, 2.24) is 0 Å². The van der Waals surface area contributed by atoms with Gasteiger partial charge in [0.1, 0.15) is 0 Å². The van der Waals surface area contributed by atoms with Crippen LogP contribution in [0.4, 0.5) is 0 Å². The lowest BCUT2D eigenvalue weighted by Crippen LogP contribution is -2.30. The van der Waals surface area contributed by atoms with E-state index in [-0.39, 0.29) is 54.9 Å². The Morgan fingerprint density at radius 2 is 0.835 bits per heavy atom. The molecule has 0 amide bonds. The highest BCUT2D eigenvalue weighted by atomic mass is 16.3. The maximum Gasteiger partial charge on any atom is 0.0628 e. The second-order valence-corrected chi connectivity index (χ2v) is 30.3. The largest absolute Gasteiger partial charge is 0.393 e. The number of aliphatic hydroxyl groups is 9. The minimum absolute atomic E-state index is 0.0177. The molecule has 0 spiro atoms. The van der Waals surface area contributed by atoms with Gasteiger partial charge in [-0.15, -0.1) is 52.6 Å². The summed E-state index contributed by atoms with van der Waals surface area (Å²) in [7, 11) is 0. The smallest absolute Gasteiger partial charge is 0.0628 e. The van der Waals surface area contributed by atoms with Crippen LogP contribution in [0.5, 0.6) is 0 Å². The van der Waals surface area contributed by atoms with Crippen LogP contribution in [0, 0.1) is 101 Å². The molecule has 9 heteroatoms. The predicted octanol–water partition coefficient (Wildman–Crippen LogP) is 18.3. The third-order valence-electron chi connectivity index (χ3n) is 22.7. The average Bonchev–Trinajstić information content (AvgIpc) is 3.67. The molecule has 0 heterocycles. The molecule has 528 valence electrons. The molecule has 0 aromatic carbocycles. The molecule has 0 aromatic rings. The Morgan fingerprint density at radius 1 is 0.308 bits per heavy atom. The van der Waals surface area contributed by atoms with Gasteiger partial charge in [-0.3, -0.25) is 0 Å². The molecule has 9 nitrogen and oxygen atoms in total. The van der Waals surface area contributed by atoms with E-state index >= 15 is 0 Å². The molecule has 9 N–H and O–H groups in total. The molecule has 9 aliphatic rings. The second kappa shape index (κ2) is 48.9. The zero-order valence-electron chi connectivity index (χ0n) is 60.2. The summed E-state index contributed by atoms with van der Waals surface area (Å²) in [5.41, 5.74) is 1.50. The molecule has 24 atom stereocenters. The van der Waals surface area contributed by atoms with Crippen LogP contribution < -0.4 is 0 Å². The van der Waals surface area contributed by atoms with Crippen LogP contribution in [0.3, 0.4) is 0 Å². The highest BCUT2D eigenvalue weighted by Gasteiger charge is 2.31. The maximum atomic E-state index is 9.57. The van der Waals surface area contributed by atoms with Crippen LogP contribution in [-0.2, 0) is 0 Å². The molecule has 0 aromatic heterocycles. The quantitative estimate of drug-likeness (QED) is 0.102. The Morgan fingerprint density at radius 3 is 1.32 bits per heavy atom. The fraction of sp³-hybridized carbons (Fsp3) is 0.780. The Kier molecular flexibility index (Phi) is 46.4. The zero-order valence-corrected chi connectivity index (χ0v) is 60.2. The van der Waals surface area contributed by atoms with E-state index in [1.54, 1.807) is 0 Å². The first-order valence-corrected chi connectivity index (χ1v) is 36.9. The summed E-state index contributed by atoms with van der Waals surface area (Å²) in [6.07, 6.45) is 47.4. The van der Waals surface area contributed by atoms with Gasteiger partial charge in [-0.05, 0) is 251 Å². The Labute approximate surface area is 560 Å². The Hall–Kier alpha value is -2.70. The lowest BCUT2D eigenvalue weighted by molar-refractivity contribution is 0.0454. The molecule has 9 fully saturated rings. The number of rotatable bonds is 9. The first-order valence-electron chi connectivity index (χ1n) is 36.9. The van der Waals surface area contributed by atoms with E-state index in [1.807, 2.05) is 48.6 Å². The summed E-state index contributed by atoms with van der Waals surface area (Å²) in [6, 6.07) is 0. The molecule has 0 saturated heterocycles. The molecular weight excluding hydrogens is 1130 g/mol. The molecule has 91 heavy (non-hydrogen) atoms. The molecule has 9 aliphatic carbocycles. The fourth-order valence-corrected chi connectivity index (χ4v) is 15.3. The topological polar surface area (TPSA) is 182 Å². The van der Waals surface area contributed by atoms with E-state index in [2.05, 4.69) is 128 Å². The van der Waals surface area contributed by atoms with Gasteiger partial charge in [-0.2, -0.15) is 0 Å². The molecule has 0 radical (unpaired) electrons. The summed E-state index contributed by atoms with van der Waals surface area (Å²) in [6.45, 7) is 51.5. The van der Waals surface area contributed by atoms with E-state index in [1.165, 1.54) is 76.2 Å². The van der Waals surface area contributed by atoms with Gasteiger partial charge in [-0.25, -0.2) is 0 Å². The fourth-order valence-electron chi connectivity index (χ4n) is 15.3. The molecule has 9 rings (SSSR count). The van der Waals surface area contributed by atoms with Crippen LogP contribution >= 0.6 is 0 Å². The predicted molar refractivity (Wildman–Crippen MR) is 389 cm³/mol. The van der Waals surface area contributed by atoms with Crippen LogP contribution in [0.25, 0.3) is 0 Å². The van der Waals surface area contributed by atoms with Gasteiger partial charge in [-0.1, -0.05) is 135 Å². The van der Waals surface area contributed by atoms with Gasteiger partial charge in [0, 0.05) is 23.7 Å². The van der Waals surface area contributed by atoms with Crippen molar-refractivity contribution in [3.63, 3.8) is 0 Å². The van der Waals surface area contributed by atoms with Crippen molar-refractivity contribution in [2.75, 3.05) is 0 Å². The lowest BCUT2D eigenvalue weighted by Gasteiger charge is -2.30. The minimum Gasteiger partial charge on any atom is -0.393 e. The average molecular weight is 1280 g/mol. The first-order chi connectivity index (χ1) is 43.2. The maximum absolute atomic E-state index is 9.57. The summed E-state index contributed by atoms with van der Waals surface area (Å²) >= 11 is 0. The van der Waals surface area contributed by atoms with E-state index < -0.39 is 0 Å². The van der Waals surface area contributed by atoms with Crippen LogP contribution in [0.1, 0.15) is 249 Å². The van der Waals surface area contributed by atoms with Gasteiger partial charge < -0.3 is 46.0 Å². The van der Waals surface area contributed by atoms with Crippen molar-refractivity contribution in [2.45, 2.75) is 304 Å². The van der Waals surface area contributed by atoms with Crippen molar-refractivity contribution >= 4 is 0 Å². The van der Waals surface area contributed by atoms with Gasteiger partial charge in [0.05, 0.1) is 54.9 Å². The monoisotopic (exact) mass is 1280 g/mol. The van der Waals surface area contributed by atoms with E-state index in [9.17, 15) is 46.0 Å². The lowest BCUT2D eigenvalue weighted by atomic mass is 9.78. The summed E-state index contributed by atoms with van der Waals surface area (Å²) < 4.78 is 0. The zero-order chi connectivity index (χ0) is 68.8. The third kappa shape index (κ3) is 34.7. The second-order valence-electron chi connectivity index (χ2n) is 30.3. The van der Waals surface area contributed by atoms with Crippen molar-refractivity contribution in [3.8, 4) is 0 Å². The van der Waals surface area contributed by atoms with Crippen LogP contribution in [0.15, 0.2) is 113 Å². The normalized spacial score (nSPS) is 40.3. The summed E-state index contributed by atoms with van der Waals surface area (Å²) in [4.78, 5) is 0. The van der Waals surface area contributed by atoms with E-state index in [0.717, 1.165) is 127 Å².